The van der Waals surface area contributed by atoms with Gasteiger partial charge in [-0.15, -0.1) is 0 Å². The third kappa shape index (κ3) is 27.5. The summed E-state index contributed by atoms with van der Waals surface area (Å²) in [5.74, 6) is -1.81. The van der Waals surface area contributed by atoms with Gasteiger partial charge in [0.25, 0.3) is 0 Å². The number of esters is 1. The van der Waals surface area contributed by atoms with E-state index >= 15 is 0 Å². The Hall–Kier alpha value is -1.32. The Morgan fingerprint density at radius 2 is 1.00 bits per heavy atom. The molecule has 0 heterocycles. The van der Waals surface area contributed by atoms with Crippen molar-refractivity contribution in [3.05, 3.63) is 12.2 Å². The van der Waals surface area contributed by atoms with Crippen molar-refractivity contribution in [2.24, 2.45) is 5.92 Å². The minimum Gasteiger partial charge on any atom is -0.481 e. The molecular formula is C33H62O4. The summed E-state index contributed by atoms with van der Waals surface area (Å²) in [6, 6.07) is 0. The Morgan fingerprint density at radius 1 is 0.595 bits per heavy atom. The van der Waals surface area contributed by atoms with Gasteiger partial charge in [-0.1, -0.05) is 142 Å². The molecule has 0 radical (unpaired) electrons. The topological polar surface area (TPSA) is 63.6 Å². The van der Waals surface area contributed by atoms with E-state index in [1.807, 2.05) is 6.92 Å². The largest absolute Gasteiger partial charge is 0.481 e. The molecule has 0 aliphatic carbocycles. The van der Waals surface area contributed by atoms with Crippen molar-refractivity contribution in [2.45, 2.75) is 174 Å². The second kappa shape index (κ2) is 29.2. The number of unbranched alkanes of at least 4 members (excludes halogenated alkanes) is 20. The van der Waals surface area contributed by atoms with Crippen molar-refractivity contribution in [3.8, 4) is 0 Å². The van der Waals surface area contributed by atoms with Gasteiger partial charge in [0, 0.05) is 0 Å². The van der Waals surface area contributed by atoms with E-state index in [-0.39, 0.29) is 12.4 Å². The van der Waals surface area contributed by atoms with Gasteiger partial charge in [0.1, 0.15) is 0 Å². The van der Waals surface area contributed by atoms with Crippen LogP contribution < -0.4 is 0 Å². The van der Waals surface area contributed by atoms with E-state index in [2.05, 4.69) is 19.1 Å². The normalized spacial score (nSPS) is 12.3. The molecule has 0 aliphatic rings. The number of aliphatic carboxylic acids is 1. The Morgan fingerprint density at radius 3 is 1.41 bits per heavy atom. The fourth-order valence-corrected chi connectivity index (χ4v) is 4.89. The van der Waals surface area contributed by atoms with Crippen LogP contribution in [0.2, 0.25) is 0 Å². The molecule has 1 N–H and O–H groups in total. The summed E-state index contributed by atoms with van der Waals surface area (Å²) in [5, 5.41) is 9.02. The van der Waals surface area contributed by atoms with E-state index in [1.165, 1.54) is 122 Å². The molecule has 0 rings (SSSR count). The lowest BCUT2D eigenvalue weighted by Gasteiger charge is -2.13. The standard InChI is InChI=1S/C33H62O4/c1-3-5-6-7-8-9-10-11-12-13-14-15-16-17-18-19-20-21-22-23-24-25-26-27-28-31(30-32(34)35)33(36)37-29-4-2/h24-25,31H,3-23,26-30H2,1-2H3,(H,34,35)/b25-24+. The van der Waals surface area contributed by atoms with E-state index in [1.54, 1.807) is 0 Å². The van der Waals surface area contributed by atoms with Crippen LogP contribution in [0, 0.1) is 5.92 Å². The zero-order valence-corrected chi connectivity index (χ0v) is 24.8. The van der Waals surface area contributed by atoms with Crippen LogP contribution in [0.3, 0.4) is 0 Å². The van der Waals surface area contributed by atoms with Crippen molar-refractivity contribution in [1.29, 1.82) is 0 Å². The van der Waals surface area contributed by atoms with Gasteiger partial charge in [-0.2, -0.15) is 0 Å². The summed E-state index contributed by atoms with van der Waals surface area (Å²) in [5.41, 5.74) is 0. The molecule has 1 atom stereocenters. The zero-order chi connectivity index (χ0) is 27.2. The molecule has 4 nitrogen and oxygen atoms in total. The maximum Gasteiger partial charge on any atom is 0.309 e. The lowest BCUT2D eigenvalue weighted by molar-refractivity contribution is -0.153. The maximum atomic E-state index is 12.0. The van der Waals surface area contributed by atoms with Gasteiger partial charge >= 0.3 is 11.9 Å². The Balaban J connectivity index is 3.40. The SMILES string of the molecule is CCCCCCCCCCCCCCCCCCCCC/C=C/CCCC(CC(=O)O)C(=O)OCCC. The highest BCUT2D eigenvalue weighted by molar-refractivity contribution is 5.79. The lowest BCUT2D eigenvalue weighted by Crippen LogP contribution is -2.21. The van der Waals surface area contributed by atoms with Crippen LogP contribution in [-0.4, -0.2) is 23.7 Å². The number of rotatable bonds is 29. The van der Waals surface area contributed by atoms with Crippen LogP contribution in [0.1, 0.15) is 174 Å². The highest BCUT2D eigenvalue weighted by Gasteiger charge is 2.22. The number of allylic oxidation sites excluding steroid dienone is 2. The maximum absolute atomic E-state index is 12.0. The molecule has 0 aromatic heterocycles. The van der Waals surface area contributed by atoms with Gasteiger partial charge in [-0.3, -0.25) is 9.59 Å². The van der Waals surface area contributed by atoms with Crippen molar-refractivity contribution >= 4 is 11.9 Å². The monoisotopic (exact) mass is 522 g/mol. The summed E-state index contributed by atoms with van der Waals surface area (Å²) < 4.78 is 5.14. The van der Waals surface area contributed by atoms with E-state index in [4.69, 9.17) is 9.84 Å². The van der Waals surface area contributed by atoms with Crippen molar-refractivity contribution in [1.82, 2.24) is 0 Å². The summed E-state index contributed by atoms with van der Waals surface area (Å²) >= 11 is 0. The second-order valence-electron chi connectivity index (χ2n) is 11.0. The Kier molecular flexibility index (Phi) is 28.2. The van der Waals surface area contributed by atoms with Gasteiger partial charge < -0.3 is 9.84 Å². The fourth-order valence-electron chi connectivity index (χ4n) is 4.89. The van der Waals surface area contributed by atoms with E-state index < -0.39 is 11.9 Å². The smallest absolute Gasteiger partial charge is 0.309 e. The minimum atomic E-state index is -0.932. The average molecular weight is 523 g/mol. The Bertz CT molecular complexity index is 528. The third-order valence-electron chi connectivity index (χ3n) is 7.27. The van der Waals surface area contributed by atoms with Crippen LogP contribution in [0.5, 0.6) is 0 Å². The van der Waals surface area contributed by atoms with Crippen LogP contribution in [0.25, 0.3) is 0 Å². The molecule has 0 aromatic rings. The molecule has 0 spiro atoms. The number of carboxylic acids is 1. The number of hydrogen-bond donors (Lipinski definition) is 1. The molecule has 37 heavy (non-hydrogen) atoms. The van der Waals surface area contributed by atoms with Crippen molar-refractivity contribution in [2.75, 3.05) is 6.61 Å². The van der Waals surface area contributed by atoms with Crippen LogP contribution >= 0.6 is 0 Å². The first-order valence-electron chi connectivity index (χ1n) is 16.1. The molecule has 0 bridgehead atoms. The summed E-state index contributed by atoms with van der Waals surface area (Å²) in [6.45, 7) is 4.59. The van der Waals surface area contributed by atoms with E-state index in [0.29, 0.717) is 13.0 Å². The molecule has 0 saturated heterocycles. The Labute approximate surface area is 230 Å². The first kappa shape index (κ1) is 35.7. The quantitative estimate of drug-likeness (QED) is 0.0602. The number of carbonyl (C=O) groups is 2. The number of hydrogen-bond acceptors (Lipinski definition) is 3. The van der Waals surface area contributed by atoms with Gasteiger partial charge in [0.2, 0.25) is 0 Å². The average Bonchev–Trinajstić information content (AvgIpc) is 2.88. The number of ether oxygens (including phenoxy) is 1. The summed E-state index contributed by atoms with van der Waals surface area (Å²) in [4.78, 5) is 23.0. The lowest BCUT2D eigenvalue weighted by atomic mass is 9.98. The van der Waals surface area contributed by atoms with Crippen molar-refractivity contribution < 1.29 is 19.4 Å². The first-order chi connectivity index (χ1) is 18.1. The summed E-state index contributed by atoms with van der Waals surface area (Å²) in [6.07, 6.45) is 35.2. The van der Waals surface area contributed by atoms with Gasteiger partial charge in [-0.05, 0) is 38.5 Å². The highest BCUT2D eigenvalue weighted by atomic mass is 16.5. The molecule has 0 amide bonds. The van der Waals surface area contributed by atoms with E-state index in [0.717, 1.165) is 25.7 Å². The number of carbonyl (C=O) groups excluding carboxylic acids is 1. The number of carboxylic acid groups (broad SMARTS) is 1. The molecule has 0 aliphatic heterocycles. The van der Waals surface area contributed by atoms with Gasteiger partial charge in [0.15, 0.2) is 0 Å². The molecule has 0 aromatic carbocycles. The first-order valence-corrected chi connectivity index (χ1v) is 16.1. The molecule has 4 heteroatoms. The minimum absolute atomic E-state index is 0.133. The zero-order valence-electron chi connectivity index (χ0n) is 24.8. The second-order valence-corrected chi connectivity index (χ2v) is 11.0. The molecule has 0 fully saturated rings. The third-order valence-corrected chi connectivity index (χ3v) is 7.27. The fraction of sp³-hybridized carbons (Fsp3) is 0.879. The molecule has 218 valence electrons. The predicted molar refractivity (Wildman–Crippen MR) is 158 cm³/mol. The van der Waals surface area contributed by atoms with Crippen LogP contribution in [0.4, 0.5) is 0 Å². The van der Waals surface area contributed by atoms with Crippen LogP contribution in [0.15, 0.2) is 12.2 Å². The molecule has 0 saturated carbocycles. The summed E-state index contributed by atoms with van der Waals surface area (Å²) in [7, 11) is 0. The van der Waals surface area contributed by atoms with Crippen LogP contribution in [-0.2, 0) is 14.3 Å². The van der Waals surface area contributed by atoms with Gasteiger partial charge in [-0.25, -0.2) is 0 Å². The highest BCUT2D eigenvalue weighted by Crippen LogP contribution is 2.17. The van der Waals surface area contributed by atoms with Crippen molar-refractivity contribution in [3.63, 3.8) is 0 Å². The molecular weight excluding hydrogens is 460 g/mol. The van der Waals surface area contributed by atoms with Gasteiger partial charge in [0.05, 0.1) is 18.9 Å². The van der Waals surface area contributed by atoms with E-state index in [9.17, 15) is 9.59 Å². The molecule has 1 unspecified atom stereocenters. The predicted octanol–water partition coefficient (Wildman–Crippen LogP) is 10.6.